The van der Waals surface area contributed by atoms with Crippen molar-refractivity contribution in [1.29, 1.82) is 0 Å². The van der Waals surface area contributed by atoms with E-state index in [0.717, 1.165) is 6.54 Å². The lowest BCUT2D eigenvalue weighted by Crippen LogP contribution is -2.03. The van der Waals surface area contributed by atoms with Gasteiger partial charge in [0.25, 0.3) is 0 Å². The van der Waals surface area contributed by atoms with E-state index in [1.54, 1.807) is 0 Å². The van der Waals surface area contributed by atoms with Crippen molar-refractivity contribution >= 4 is 11.3 Å². The lowest BCUT2D eigenvalue weighted by Gasteiger charge is -2.09. The molecule has 0 atom stereocenters. The van der Waals surface area contributed by atoms with Gasteiger partial charge in [-0.25, -0.2) is 0 Å². The predicted molar refractivity (Wildman–Crippen MR) is 76.7 cm³/mol. The fraction of sp³-hybridized carbons (Fsp3) is 0.333. The molecule has 2 heteroatoms. The van der Waals surface area contributed by atoms with Gasteiger partial charge in [0.15, 0.2) is 0 Å². The number of hydrogen-bond donors (Lipinski definition) is 1. The number of rotatable bonds is 3. The molecule has 0 radical (unpaired) electrons. The molecule has 0 spiro atoms. The SMILES string of the molecule is CNCc1csc(-c2c(C)cc(C)cc2C)c1. The maximum Gasteiger partial charge on any atom is 0.0351 e. The molecule has 1 aromatic heterocycles. The van der Waals surface area contributed by atoms with Crippen molar-refractivity contribution < 1.29 is 0 Å². The molecule has 90 valence electrons. The Labute approximate surface area is 108 Å². The van der Waals surface area contributed by atoms with Crippen LogP contribution in [0, 0.1) is 20.8 Å². The zero-order chi connectivity index (χ0) is 12.4. The van der Waals surface area contributed by atoms with E-state index >= 15 is 0 Å². The van der Waals surface area contributed by atoms with Crippen molar-refractivity contribution in [3.63, 3.8) is 0 Å². The Morgan fingerprint density at radius 3 is 2.29 bits per heavy atom. The molecule has 0 saturated heterocycles. The van der Waals surface area contributed by atoms with Crippen molar-refractivity contribution in [1.82, 2.24) is 5.32 Å². The highest BCUT2D eigenvalue weighted by Gasteiger charge is 2.09. The molecule has 0 saturated carbocycles. The van der Waals surface area contributed by atoms with Crippen LogP contribution in [0.2, 0.25) is 0 Å². The van der Waals surface area contributed by atoms with Crippen LogP contribution >= 0.6 is 11.3 Å². The molecule has 0 aliphatic heterocycles. The first-order valence-corrected chi connectivity index (χ1v) is 6.80. The van der Waals surface area contributed by atoms with E-state index in [1.165, 1.54) is 32.7 Å². The number of nitrogens with one attached hydrogen (secondary N) is 1. The fourth-order valence-electron chi connectivity index (χ4n) is 2.37. The van der Waals surface area contributed by atoms with Crippen LogP contribution in [-0.2, 0) is 6.54 Å². The van der Waals surface area contributed by atoms with Crippen molar-refractivity contribution in [3.05, 3.63) is 45.8 Å². The first-order chi connectivity index (χ1) is 8.11. The van der Waals surface area contributed by atoms with Gasteiger partial charge < -0.3 is 5.32 Å². The van der Waals surface area contributed by atoms with Crippen LogP contribution in [0.3, 0.4) is 0 Å². The van der Waals surface area contributed by atoms with E-state index in [1.807, 2.05) is 18.4 Å². The van der Waals surface area contributed by atoms with Crippen LogP contribution < -0.4 is 5.32 Å². The van der Waals surface area contributed by atoms with Crippen LogP contribution in [0.4, 0.5) is 0 Å². The fourth-order valence-corrected chi connectivity index (χ4v) is 3.46. The molecular weight excluding hydrogens is 226 g/mol. The van der Waals surface area contributed by atoms with Crippen LogP contribution in [-0.4, -0.2) is 7.05 Å². The Hall–Kier alpha value is -1.12. The Morgan fingerprint density at radius 1 is 1.06 bits per heavy atom. The minimum Gasteiger partial charge on any atom is -0.316 e. The summed E-state index contributed by atoms with van der Waals surface area (Å²) in [5.41, 5.74) is 6.87. The van der Waals surface area contributed by atoms with Gasteiger partial charge in [-0.05, 0) is 61.5 Å². The van der Waals surface area contributed by atoms with E-state index in [4.69, 9.17) is 0 Å². The summed E-state index contributed by atoms with van der Waals surface area (Å²) < 4.78 is 0. The van der Waals surface area contributed by atoms with Crippen molar-refractivity contribution in [3.8, 4) is 10.4 Å². The average Bonchev–Trinajstić information content (AvgIpc) is 2.65. The molecule has 17 heavy (non-hydrogen) atoms. The third kappa shape index (κ3) is 2.59. The van der Waals surface area contributed by atoms with E-state index in [9.17, 15) is 0 Å². The molecule has 1 aromatic carbocycles. The normalized spacial score (nSPS) is 10.8. The van der Waals surface area contributed by atoms with Crippen molar-refractivity contribution in [2.24, 2.45) is 0 Å². The van der Waals surface area contributed by atoms with Gasteiger partial charge in [0, 0.05) is 11.4 Å². The second kappa shape index (κ2) is 5.03. The number of aryl methyl sites for hydroxylation is 3. The summed E-state index contributed by atoms with van der Waals surface area (Å²) >= 11 is 1.84. The second-order valence-electron chi connectivity index (χ2n) is 4.62. The molecule has 2 rings (SSSR count). The summed E-state index contributed by atoms with van der Waals surface area (Å²) in [6.07, 6.45) is 0. The van der Waals surface area contributed by atoms with Crippen LogP contribution in [0.15, 0.2) is 23.6 Å². The molecule has 0 aliphatic carbocycles. The quantitative estimate of drug-likeness (QED) is 0.860. The minimum atomic E-state index is 0.945. The van der Waals surface area contributed by atoms with Gasteiger partial charge in [-0.2, -0.15) is 0 Å². The Balaban J connectivity index is 2.45. The summed E-state index contributed by atoms with van der Waals surface area (Å²) in [6.45, 7) is 7.50. The predicted octanol–water partition coefficient (Wildman–Crippen LogP) is 4.06. The molecule has 1 heterocycles. The highest BCUT2D eigenvalue weighted by molar-refractivity contribution is 7.13. The summed E-state index contributed by atoms with van der Waals surface area (Å²) in [5.74, 6) is 0. The highest BCUT2D eigenvalue weighted by Crippen LogP contribution is 2.33. The lowest BCUT2D eigenvalue weighted by atomic mass is 9.98. The Kier molecular flexibility index (Phi) is 3.65. The Morgan fingerprint density at radius 2 is 1.71 bits per heavy atom. The van der Waals surface area contributed by atoms with Gasteiger partial charge in [0.1, 0.15) is 0 Å². The molecule has 0 fully saturated rings. The molecule has 0 amide bonds. The third-order valence-corrected chi connectivity index (χ3v) is 3.95. The number of thiophene rings is 1. The molecule has 0 bridgehead atoms. The average molecular weight is 245 g/mol. The Bertz CT molecular complexity index is 502. The van der Waals surface area contributed by atoms with Crippen molar-refractivity contribution in [2.75, 3.05) is 7.05 Å². The zero-order valence-electron chi connectivity index (χ0n) is 10.9. The van der Waals surface area contributed by atoms with Gasteiger partial charge >= 0.3 is 0 Å². The van der Waals surface area contributed by atoms with Gasteiger partial charge in [-0.15, -0.1) is 11.3 Å². The highest BCUT2D eigenvalue weighted by atomic mass is 32.1. The summed E-state index contributed by atoms with van der Waals surface area (Å²) in [5, 5.41) is 5.43. The molecule has 1 N–H and O–H groups in total. The van der Waals surface area contributed by atoms with Crippen LogP contribution in [0.5, 0.6) is 0 Å². The molecular formula is C15H19NS. The van der Waals surface area contributed by atoms with Crippen LogP contribution in [0.25, 0.3) is 10.4 Å². The number of benzene rings is 1. The molecule has 0 unspecified atom stereocenters. The van der Waals surface area contributed by atoms with E-state index in [2.05, 4.69) is 49.7 Å². The molecule has 1 nitrogen and oxygen atoms in total. The van der Waals surface area contributed by atoms with Gasteiger partial charge in [0.2, 0.25) is 0 Å². The van der Waals surface area contributed by atoms with E-state index in [-0.39, 0.29) is 0 Å². The minimum absolute atomic E-state index is 0.945. The summed E-state index contributed by atoms with van der Waals surface area (Å²) in [7, 11) is 1.99. The maximum absolute atomic E-state index is 3.19. The first-order valence-electron chi connectivity index (χ1n) is 5.92. The maximum atomic E-state index is 3.19. The number of hydrogen-bond acceptors (Lipinski definition) is 2. The summed E-state index contributed by atoms with van der Waals surface area (Å²) in [6, 6.07) is 6.82. The lowest BCUT2D eigenvalue weighted by molar-refractivity contribution is 0.821. The monoisotopic (exact) mass is 245 g/mol. The third-order valence-electron chi connectivity index (χ3n) is 2.96. The van der Waals surface area contributed by atoms with Gasteiger partial charge in [0.05, 0.1) is 0 Å². The molecule has 2 aromatic rings. The second-order valence-corrected chi connectivity index (χ2v) is 5.53. The van der Waals surface area contributed by atoms with E-state index < -0.39 is 0 Å². The molecule has 0 aliphatic rings. The van der Waals surface area contributed by atoms with Crippen molar-refractivity contribution in [2.45, 2.75) is 27.3 Å². The zero-order valence-corrected chi connectivity index (χ0v) is 11.7. The summed E-state index contributed by atoms with van der Waals surface area (Å²) in [4.78, 5) is 1.38. The van der Waals surface area contributed by atoms with Gasteiger partial charge in [-0.3, -0.25) is 0 Å². The standard InChI is InChI=1S/C15H19NS/c1-10-5-11(2)15(12(3)6-10)14-7-13(8-16-4)9-17-14/h5-7,9,16H,8H2,1-4H3. The topological polar surface area (TPSA) is 12.0 Å². The first kappa shape index (κ1) is 12.3. The smallest absolute Gasteiger partial charge is 0.0351 e. The van der Waals surface area contributed by atoms with Crippen LogP contribution in [0.1, 0.15) is 22.3 Å². The largest absolute Gasteiger partial charge is 0.316 e. The van der Waals surface area contributed by atoms with Gasteiger partial charge in [-0.1, -0.05) is 17.7 Å². The van der Waals surface area contributed by atoms with E-state index in [0.29, 0.717) is 0 Å².